The maximum absolute atomic E-state index is 13.3. The van der Waals surface area contributed by atoms with Gasteiger partial charge in [0.05, 0.1) is 12.3 Å². The Morgan fingerprint density at radius 3 is 2.79 bits per heavy atom. The van der Waals surface area contributed by atoms with Gasteiger partial charge >= 0.3 is 5.97 Å². The van der Waals surface area contributed by atoms with Gasteiger partial charge in [0.2, 0.25) is 0 Å². The van der Waals surface area contributed by atoms with E-state index in [0.29, 0.717) is 11.4 Å². The number of rotatable bonds is 4. The first kappa shape index (κ1) is 13.3. The number of carboxylic acid groups (broad SMARTS) is 1. The molecule has 0 aliphatic heterocycles. The Morgan fingerprint density at radius 2 is 2.26 bits per heavy atom. The summed E-state index contributed by atoms with van der Waals surface area (Å²) >= 11 is 0. The van der Waals surface area contributed by atoms with Crippen molar-refractivity contribution in [3.8, 4) is 0 Å². The minimum atomic E-state index is -0.907. The standard InChI is InChI=1S/C14H15FN2O2/c1-9-7-10(3-4-12(9)15)11(8-13(18)19)14-16-5-6-17(14)2/h3-7,11H,8H2,1-2H3,(H,18,19). The molecule has 0 saturated heterocycles. The maximum atomic E-state index is 13.3. The van der Waals surface area contributed by atoms with Crippen LogP contribution in [0, 0.1) is 12.7 Å². The number of aromatic nitrogens is 2. The molecular weight excluding hydrogens is 247 g/mol. The van der Waals surface area contributed by atoms with Gasteiger partial charge in [-0.3, -0.25) is 4.79 Å². The number of hydrogen-bond acceptors (Lipinski definition) is 2. The maximum Gasteiger partial charge on any atom is 0.304 e. The lowest BCUT2D eigenvalue weighted by molar-refractivity contribution is -0.137. The van der Waals surface area contributed by atoms with E-state index in [0.717, 1.165) is 5.56 Å². The number of aryl methyl sites for hydroxylation is 2. The molecule has 0 spiro atoms. The molecule has 1 aromatic carbocycles. The zero-order chi connectivity index (χ0) is 14.0. The third-order valence-corrected chi connectivity index (χ3v) is 3.13. The predicted octanol–water partition coefficient (Wildman–Crippen LogP) is 2.47. The van der Waals surface area contributed by atoms with Crippen molar-refractivity contribution in [1.82, 2.24) is 9.55 Å². The fourth-order valence-corrected chi connectivity index (χ4v) is 2.13. The van der Waals surface area contributed by atoms with Crippen LogP contribution >= 0.6 is 0 Å². The first-order valence-corrected chi connectivity index (χ1v) is 5.94. The van der Waals surface area contributed by atoms with Gasteiger partial charge in [0.25, 0.3) is 0 Å². The summed E-state index contributed by atoms with van der Waals surface area (Å²) in [6, 6.07) is 4.66. The summed E-state index contributed by atoms with van der Waals surface area (Å²) in [7, 11) is 1.81. The van der Waals surface area contributed by atoms with Crippen LogP contribution < -0.4 is 0 Å². The van der Waals surface area contributed by atoms with Gasteiger partial charge in [-0.1, -0.05) is 12.1 Å². The van der Waals surface area contributed by atoms with Crippen LogP contribution in [0.5, 0.6) is 0 Å². The molecule has 2 aromatic rings. The zero-order valence-electron chi connectivity index (χ0n) is 10.8. The smallest absolute Gasteiger partial charge is 0.304 e. The molecule has 1 atom stereocenters. The molecule has 0 aliphatic rings. The lowest BCUT2D eigenvalue weighted by Crippen LogP contribution is -2.13. The second-order valence-corrected chi connectivity index (χ2v) is 4.56. The Labute approximate surface area is 110 Å². The molecule has 1 aromatic heterocycles. The quantitative estimate of drug-likeness (QED) is 0.921. The number of halogens is 1. The van der Waals surface area contributed by atoms with Gasteiger partial charge in [-0.25, -0.2) is 9.37 Å². The average Bonchev–Trinajstić information content (AvgIpc) is 2.76. The summed E-state index contributed by atoms with van der Waals surface area (Å²) in [6.07, 6.45) is 3.32. The molecule has 5 heteroatoms. The van der Waals surface area contributed by atoms with Gasteiger partial charge in [-0.2, -0.15) is 0 Å². The average molecular weight is 262 g/mol. The van der Waals surface area contributed by atoms with Crippen LogP contribution in [0.25, 0.3) is 0 Å². The topological polar surface area (TPSA) is 55.1 Å². The number of carboxylic acids is 1. The van der Waals surface area contributed by atoms with Crippen molar-refractivity contribution in [2.24, 2.45) is 7.05 Å². The van der Waals surface area contributed by atoms with Crippen LogP contribution in [-0.4, -0.2) is 20.6 Å². The van der Waals surface area contributed by atoms with Crippen molar-refractivity contribution in [3.05, 3.63) is 53.4 Å². The van der Waals surface area contributed by atoms with Gasteiger partial charge in [-0.15, -0.1) is 0 Å². The Kier molecular flexibility index (Phi) is 3.64. The summed E-state index contributed by atoms with van der Waals surface area (Å²) < 4.78 is 15.1. The van der Waals surface area contributed by atoms with Crippen LogP contribution in [0.2, 0.25) is 0 Å². The number of imidazole rings is 1. The van der Waals surface area contributed by atoms with E-state index in [2.05, 4.69) is 4.98 Å². The van der Waals surface area contributed by atoms with E-state index in [1.165, 1.54) is 6.07 Å². The van der Waals surface area contributed by atoms with Crippen LogP contribution in [0.15, 0.2) is 30.6 Å². The lowest BCUT2D eigenvalue weighted by Gasteiger charge is -2.16. The van der Waals surface area contributed by atoms with Crippen LogP contribution in [0.1, 0.15) is 29.3 Å². The van der Waals surface area contributed by atoms with E-state index < -0.39 is 5.97 Å². The molecule has 0 bridgehead atoms. The molecule has 19 heavy (non-hydrogen) atoms. The van der Waals surface area contributed by atoms with E-state index in [4.69, 9.17) is 5.11 Å². The van der Waals surface area contributed by atoms with Gasteiger partial charge in [0.15, 0.2) is 0 Å². The molecule has 0 aliphatic carbocycles. The summed E-state index contributed by atoms with van der Waals surface area (Å²) in [6.45, 7) is 1.66. The highest BCUT2D eigenvalue weighted by molar-refractivity contribution is 5.68. The van der Waals surface area contributed by atoms with Crippen molar-refractivity contribution < 1.29 is 14.3 Å². The zero-order valence-corrected chi connectivity index (χ0v) is 10.8. The summed E-state index contributed by atoms with van der Waals surface area (Å²) in [4.78, 5) is 15.2. The molecule has 0 radical (unpaired) electrons. The van der Waals surface area contributed by atoms with Crippen molar-refractivity contribution in [2.75, 3.05) is 0 Å². The highest BCUT2D eigenvalue weighted by atomic mass is 19.1. The molecular formula is C14H15FN2O2. The normalized spacial score (nSPS) is 12.4. The van der Waals surface area contributed by atoms with Gasteiger partial charge in [0.1, 0.15) is 11.6 Å². The van der Waals surface area contributed by atoms with Gasteiger partial charge in [-0.05, 0) is 24.1 Å². The number of benzene rings is 1. The SMILES string of the molecule is Cc1cc(C(CC(=O)O)c2nccn2C)ccc1F. The first-order chi connectivity index (χ1) is 8.99. The first-order valence-electron chi connectivity index (χ1n) is 5.94. The molecule has 0 saturated carbocycles. The molecule has 4 nitrogen and oxygen atoms in total. The summed E-state index contributed by atoms with van der Waals surface area (Å²) in [5.41, 5.74) is 1.26. The molecule has 0 fully saturated rings. The number of hydrogen-bond donors (Lipinski definition) is 1. The Hall–Kier alpha value is -2.17. The minimum absolute atomic E-state index is 0.0735. The summed E-state index contributed by atoms with van der Waals surface area (Å²) in [5, 5.41) is 9.05. The van der Waals surface area contributed by atoms with Crippen LogP contribution in [0.3, 0.4) is 0 Å². The predicted molar refractivity (Wildman–Crippen MR) is 68.4 cm³/mol. The minimum Gasteiger partial charge on any atom is -0.481 e. The number of aliphatic carboxylic acids is 1. The van der Waals surface area contributed by atoms with Crippen molar-refractivity contribution >= 4 is 5.97 Å². The van der Waals surface area contributed by atoms with Crippen molar-refractivity contribution in [1.29, 1.82) is 0 Å². The Bertz CT molecular complexity index is 607. The highest BCUT2D eigenvalue weighted by Gasteiger charge is 2.22. The van der Waals surface area contributed by atoms with E-state index in [9.17, 15) is 9.18 Å². The Balaban J connectivity index is 2.45. The van der Waals surface area contributed by atoms with Crippen LogP contribution in [0.4, 0.5) is 4.39 Å². The van der Waals surface area contributed by atoms with E-state index in [1.807, 2.05) is 7.05 Å². The monoisotopic (exact) mass is 262 g/mol. The number of carbonyl (C=O) groups is 1. The summed E-state index contributed by atoms with van der Waals surface area (Å²) in [5.74, 6) is -0.919. The highest BCUT2D eigenvalue weighted by Crippen LogP contribution is 2.27. The molecule has 1 unspecified atom stereocenters. The van der Waals surface area contributed by atoms with Gasteiger partial charge < -0.3 is 9.67 Å². The van der Waals surface area contributed by atoms with E-state index in [1.54, 1.807) is 36.0 Å². The number of nitrogens with zero attached hydrogens (tertiary/aromatic N) is 2. The molecule has 2 rings (SSSR count). The molecule has 1 N–H and O–H groups in total. The van der Waals surface area contributed by atoms with Crippen molar-refractivity contribution in [2.45, 2.75) is 19.3 Å². The van der Waals surface area contributed by atoms with Crippen LogP contribution in [-0.2, 0) is 11.8 Å². The van der Waals surface area contributed by atoms with Gasteiger partial charge in [0, 0.05) is 19.4 Å². The fraction of sp³-hybridized carbons (Fsp3) is 0.286. The Morgan fingerprint density at radius 1 is 1.53 bits per heavy atom. The third kappa shape index (κ3) is 2.81. The molecule has 1 heterocycles. The molecule has 0 amide bonds. The third-order valence-electron chi connectivity index (χ3n) is 3.13. The lowest BCUT2D eigenvalue weighted by atomic mass is 9.93. The van der Waals surface area contributed by atoms with E-state index in [-0.39, 0.29) is 18.2 Å². The second kappa shape index (κ2) is 5.22. The largest absolute Gasteiger partial charge is 0.481 e. The molecule has 100 valence electrons. The second-order valence-electron chi connectivity index (χ2n) is 4.56. The van der Waals surface area contributed by atoms with E-state index >= 15 is 0 Å². The fourth-order valence-electron chi connectivity index (χ4n) is 2.13. The van der Waals surface area contributed by atoms with Crippen molar-refractivity contribution in [3.63, 3.8) is 0 Å².